The van der Waals surface area contributed by atoms with Gasteiger partial charge in [0.25, 0.3) is 0 Å². The molecule has 1 saturated heterocycles. The lowest BCUT2D eigenvalue weighted by molar-refractivity contribution is -0.136. The summed E-state index contributed by atoms with van der Waals surface area (Å²) in [6.45, 7) is 5.87. The van der Waals surface area contributed by atoms with Gasteiger partial charge in [0, 0.05) is 30.2 Å². The van der Waals surface area contributed by atoms with Crippen LogP contribution in [0, 0.1) is 6.92 Å². The summed E-state index contributed by atoms with van der Waals surface area (Å²) in [6, 6.07) is 10.9. The second-order valence-electron chi connectivity index (χ2n) is 8.36. The van der Waals surface area contributed by atoms with E-state index in [4.69, 9.17) is 16.7 Å². The number of sulfonamides is 1. The first kappa shape index (κ1) is 24.2. The van der Waals surface area contributed by atoms with Gasteiger partial charge in [-0.15, -0.1) is 0 Å². The van der Waals surface area contributed by atoms with Gasteiger partial charge in [0.2, 0.25) is 15.9 Å². The molecule has 172 valence electrons. The first-order chi connectivity index (χ1) is 15.0. The lowest BCUT2D eigenvalue weighted by Crippen LogP contribution is -2.59. The predicted octanol–water partition coefficient (Wildman–Crippen LogP) is 3.13. The Balaban J connectivity index is 1.79. The summed E-state index contributed by atoms with van der Waals surface area (Å²) in [7, 11) is -3.87. The number of rotatable bonds is 6. The molecule has 1 aliphatic rings. The number of hydrogen-bond donors (Lipinski definition) is 1. The summed E-state index contributed by atoms with van der Waals surface area (Å²) in [4.78, 5) is 25.7. The minimum Gasteiger partial charge on any atom is -0.481 e. The van der Waals surface area contributed by atoms with E-state index in [-0.39, 0.29) is 36.7 Å². The number of benzene rings is 2. The second kappa shape index (κ2) is 9.60. The van der Waals surface area contributed by atoms with Crippen molar-refractivity contribution in [2.24, 2.45) is 0 Å². The smallest absolute Gasteiger partial charge is 0.307 e. The summed E-state index contributed by atoms with van der Waals surface area (Å²) in [5, 5.41) is 9.68. The molecule has 1 fully saturated rings. The average Bonchev–Trinajstić information content (AvgIpc) is 2.68. The van der Waals surface area contributed by atoms with Crippen molar-refractivity contribution < 1.29 is 23.1 Å². The average molecular weight is 479 g/mol. The van der Waals surface area contributed by atoms with Crippen molar-refractivity contribution in [3.05, 3.63) is 64.2 Å². The van der Waals surface area contributed by atoms with Gasteiger partial charge >= 0.3 is 5.97 Å². The van der Waals surface area contributed by atoms with Gasteiger partial charge in [-0.2, -0.15) is 4.31 Å². The molecule has 2 aromatic rings. The van der Waals surface area contributed by atoms with Gasteiger partial charge < -0.3 is 10.0 Å². The van der Waals surface area contributed by atoms with Gasteiger partial charge in [0.15, 0.2) is 0 Å². The summed E-state index contributed by atoms with van der Waals surface area (Å²) in [5.41, 5.74) is 1.97. The number of aliphatic carboxylic acids is 1. The summed E-state index contributed by atoms with van der Waals surface area (Å²) < 4.78 is 28.3. The van der Waals surface area contributed by atoms with Crippen molar-refractivity contribution in [3.8, 4) is 0 Å². The molecule has 2 aromatic carbocycles. The van der Waals surface area contributed by atoms with E-state index in [1.165, 1.54) is 10.4 Å². The number of carbonyl (C=O) groups excluding carboxylic acids is 1. The Labute approximate surface area is 193 Å². The number of piperazine rings is 1. The summed E-state index contributed by atoms with van der Waals surface area (Å²) >= 11 is 5.90. The van der Waals surface area contributed by atoms with Gasteiger partial charge in [-0.25, -0.2) is 8.42 Å². The molecule has 0 saturated carbocycles. The Hall–Kier alpha value is -2.42. The number of carboxylic acid groups (broad SMARTS) is 1. The van der Waals surface area contributed by atoms with Gasteiger partial charge in [0.05, 0.1) is 17.7 Å². The van der Waals surface area contributed by atoms with E-state index < -0.39 is 28.1 Å². The van der Waals surface area contributed by atoms with Crippen LogP contribution in [0.2, 0.25) is 5.02 Å². The third-order valence-electron chi connectivity index (χ3n) is 5.50. The molecule has 1 aliphatic heterocycles. The van der Waals surface area contributed by atoms with Crippen LogP contribution in [0.5, 0.6) is 0 Å². The SMILES string of the molecule is Cc1cc(CC(=O)O)cc(S(=O)(=O)N2C(C)CN(C(=O)Cc3ccc(Cl)cc3)C[C@@H]2C)c1. The molecule has 0 radical (unpaired) electrons. The quantitative estimate of drug-likeness (QED) is 0.688. The lowest BCUT2D eigenvalue weighted by atomic mass is 10.1. The van der Waals surface area contributed by atoms with Crippen LogP contribution in [0.15, 0.2) is 47.4 Å². The standard InChI is InChI=1S/C23H27ClN2O5S/c1-15-8-19(12-23(28)29)10-21(9-15)32(30,31)26-16(2)13-25(14-17(26)3)22(27)11-18-4-6-20(24)7-5-18/h4-10,16-17H,11-14H2,1-3H3,(H,28,29)/t16-,17?/m0/s1. The maximum Gasteiger partial charge on any atom is 0.307 e. The predicted molar refractivity (Wildman–Crippen MR) is 122 cm³/mol. The van der Waals surface area contributed by atoms with Crippen LogP contribution in [0.4, 0.5) is 0 Å². The maximum absolute atomic E-state index is 13.5. The van der Waals surface area contributed by atoms with E-state index in [1.54, 1.807) is 62.1 Å². The molecule has 3 rings (SSSR count). The molecule has 1 heterocycles. The number of aryl methyl sites for hydroxylation is 1. The highest BCUT2D eigenvalue weighted by Gasteiger charge is 2.39. The second-order valence-corrected chi connectivity index (χ2v) is 10.6. The molecule has 0 bridgehead atoms. The third kappa shape index (κ3) is 5.49. The highest BCUT2D eigenvalue weighted by molar-refractivity contribution is 7.89. The number of carboxylic acids is 1. The molecule has 1 N–H and O–H groups in total. The van der Waals surface area contributed by atoms with E-state index in [9.17, 15) is 18.0 Å². The Morgan fingerprint density at radius 3 is 2.16 bits per heavy atom. The van der Waals surface area contributed by atoms with Crippen LogP contribution in [-0.2, 0) is 32.5 Å². The van der Waals surface area contributed by atoms with Crippen LogP contribution in [0.3, 0.4) is 0 Å². The van der Waals surface area contributed by atoms with E-state index >= 15 is 0 Å². The Kier molecular flexibility index (Phi) is 7.27. The normalized spacial score (nSPS) is 19.7. The van der Waals surface area contributed by atoms with Gasteiger partial charge in [0.1, 0.15) is 0 Å². The monoisotopic (exact) mass is 478 g/mol. The fourth-order valence-electron chi connectivity index (χ4n) is 4.25. The summed E-state index contributed by atoms with van der Waals surface area (Å²) in [6.07, 6.45) is -0.0257. The van der Waals surface area contributed by atoms with Crippen molar-refractivity contribution in [2.75, 3.05) is 13.1 Å². The number of amides is 1. The lowest BCUT2D eigenvalue weighted by Gasteiger charge is -2.43. The first-order valence-corrected chi connectivity index (χ1v) is 12.2. The number of nitrogens with zero attached hydrogens (tertiary/aromatic N) is 2. The van der Waals surface area contributed by atoms with Crippen LogP contribution >= 0.6 is 11.6 Å². The zero-order valence-corrected chi connectivity index (χ0v) is 19.9. The van der Waals surface area contributed by atoms with Crippen LogP contribution in [0.1, 0.15) is 30.5 Å². The topological polar surface area (TPSA) is 95.0 Å². The fraction of sp³-hybridized carbons (Fsp3) is 0.391. The Morgan fingerprint density at radius 2 is 1.59 bits per heavy atom. The van der Waals surface area contributed by atoms with Crippen molar-refractivity contribution in [3.63, 3.8) is 0 Å². The van der Waals surface area contributed by atoms with Gasteiger partial charge in [-0.05, 0) is 61.7 Å². The van der Waals surface area contributed by atoms with Crippen LogP contribution in [0.25, 0.3) is 0 Å². The Morgan fingerprint density at radius 1 is 1.00 bits per heavy atom. The molecule has 32 heavy (non-hydrogen) atoms. The number of hydrogen-bond acceptors (Lipinski definition) is 4. The highest BCUT2D eigenvalue weighted by Crippen LogP contribution is 2.27. The highest BCUT2D eigenvalue weighted by atomic mass is 35.5. The van der Waals surface area contributed by atoms with E-state index in [0.29, 0.717) is 16.1 Å². The van der Waals surface area contributed by atoms with Crippen molar-refractivity contribution in [2.45, 2.75) is 50.6 Å². The molecule has 7 nitrogen and oxygen atoms in total. The summed E-state index contributed by atoms with van der Waals surface area (Å²) in [5.74, 6) is -1.09. The molecular weight excluding hydrogens is 452 g/mol. The van der Waals surface area contributed by atoms with Crippen LogP contribution in [-0.4, -0.2) is 59.8 Å². The molecule has 1 amide bonds. The molecular formula is C23H27ClN2O5S. The van der Waals surface area contributed by atoms with Gasteiger partial charge in [-0.1, -0.05) is 29.8 Å². The minimum absolute atomic E-state index is 0.0672. The Bertz CT molecular complexity index is 1110. The van der Waals surface area contributed by atoms with Crippen LogP contribution < -0.4 is 0 Å². The number of carbonyl (C=O) groups is 2. The molecule has 1 unspecified atom stereocenters. The van der Waals surface area contributed by atoms with Gasteiger partial charge in [-0.3, -0.25) is 9.59 Å². The first-order valence-electron chi connectivity index (χ1n) is 10.4. The number of halogens is 1. The van der Waals surface area contributed by atoms with E-state index in [0.717, 1.165) is 5.56 Å². The maximum atomic E-state index is 13.5. The third-order valence-corrected chi connectivity index (χ3v) is 7.86. The molecule has 0 spiro atoms. The minimum atomic E-state index is -3.87. The van der Waals surface area contributed by atoms with E-state index in [1.807, 2.05) is 0 Å². The molecule has 0 aliphatic carbocycles. The zero-order chi connectivity index (χ0) is 23.6. The van der Waals surface area contributed by atoms with E-state index in [2.05, 4.69) is 0 Å². The molecule has 0 aromatic heterocycles. The zero-order valence-electron chi connectivity index (χ0n) is 18.3. The fourth-order valence-corrected chi connectivity index (χ4v) is 6.33. The largest absolute Gasteiger partial charge is 0.481 e. The van der Waals surface area contributed by atoms with Crippen molar-refractivity contribution in [1.82, 2.24) is 9.21 Å². The van der Waals surface area contributed by atoms with Crippen molar-refractivity contribution >= 4 is 33.5 Å². The van der Waals surface area contributed by atoms with Crippen molar-refractivity contribution in [1.29, 1.82) is 0 Å². The molecule has 9 heteroatoms. The molecule has 2 atom stereocenters.